The number of amides is 3. The fourth-order valence-corrected chi connectivity index (χ4v) is 3.05. The smallest absolute Gasteiger partial charge is 0.409 e. The summed E-state index contributed by atoms with van der Waals surface area (Å²) >= 11 is 0. The molecule has 2 aromatic carbocycles. The van der Waals surface area contributed by atoms with Gasteiger partial charge in [0.15, 0.2) is 0 Å². The number of carboxylic acid groups (broad SMARTS) is 1. The van der Waals surface area contributed by atoms with E-state index in [4.69, 9.17) is 5.11 Å². The quantitative estimate of drug-likeness (QED) is 0.572. The van der Waals surface area contributed by atoms with Gasteiger partial charge in [0.2, 0.25) is 0 Å². The Bertz CT molecular complexity index is 1090. The predicted octanol–water partition coefficient (Wildman–Crippen LogP) is 4.06. The van der Waals surface area contributed by atoms with Crippen molar-refractivity contribution >= 4 is 40.2 Å². The third-order valence-corrected chi connectivity index (χ3v) is 4.64. The van der Waals surface area contributed by atoms with E-state index in [-0.39, 0.29) is 11.8 Å². The lowest BCUT2D eigenvalue weighted by Gasteiger charge is -2.18. The van der Waals surface area contributed by atoms with Crippen molar-refractivity contribution in [2.24, 2.45) is 0 Å². The molecule has 0 aliphatic carbocycles. The number of carbonyl (C=O) groups is 3. The van der Waals surface area contributed by atoms with Gasteiger partial charge in [0, 0.05) is 41.6 Å². The maximum absolute atomic E-state index is 12.6. The first-order valence-electron chi connectivity index (χ1n) is 9.51. The van der Waals surface area contributed by atoms with Crippen molar-refractivity contribution in [2.45, 2.75) is 13.8 Å². The number of nitrogens with zero attached hydrogens (tertiary/aromatic N) is 2. The van der Waals surface area contributed by atoms with Crippen LogP contribution in [0.25, 0.3) is 10.9 Å². The molecule has 3 N–H and O–H groups in total. The molecule has 0 atom stereocenters. The van der Waals surface area contributed by atoms with Gasteiger partial charge in [0.25, 0.3) is 11.8 Å². The second kappa shape index (κ2) is 9.04. The molecule has 0 bridgehead atoms. The topological polar surface area (TPSA) is 112 Å². The number of aromatic nitrogens is 1. The van der Waals surface area contributed by atoms with E-state index >= 15 is 0 Å². The minimum Gasteiger partial charge on any atom is -0.465 e. The monoisotopic (exact) mass is 406 g/mol. The Kier molecular flexibility index (Phi) is 6.26. The second-order valence-electron chi connectivity index (χ2n) is 6.57. The van der Waals surface area contributed by atoms with Crippen LogP contribution in [0.4, 0.5) is 16.2 Å². The van der Waals surface area contributed by atoms with Gasteiger partial charge in [-0.05, 0) is 62.4 Å². The number of carbonyl (C=O) groups excluding carboxylic acids is 2. The first-order valence-corrected chi connectivity index (χ1v) is 9.51. The highest BCUT2D eigenvalue weighted by atomic mass is 16.4. The molecular formula is C22H22N4O4. The van der Waals surface area contributed by atoms with Crippen LogP contribution in [-0.2, 0) is 0 Å². The van der Waals surface area contributed by atoms with Gasteiger partial charge >= 0.3 is 6.09 Å². The molecule has 0 radical (unpaired) electrons. The molecule has 0 spiro atoms. The molecule has 1 aromatic heterocycles. The van der Waals surface area contributed by atoms with E-state index in [1.165, 1.54) is 6.20 Å². The van der Waals surface area contributed by atoms with Crippen molar-refractivity contribution in [1.29, 1.82) is 0 Å². The first kappa shape index (κ1) is 20.8. The summed E-state index contributed by atoms with van der Waals surface area (Å²) in [4.78, 5) is 41.8. The highest BCUT2D eigenvalue weighted by Gasteiger charge is 2.13. The van der Waals surface area contributed by atoms with Crippen molar-refractivity contribution in [2.75, 3.05) is 23.7 Å². The Morgan fingerprint density at radius 3 is 2.20 bits per heavy atom. The third kappa shape index (κ3) is 4.72. The van der Waals surface area contributed by atoms with Crippen molar-refractivity contribution < 1.29 is 19.5 Å². The van der Waals surface area contributed by atoms with Crippen molar-refractivity contribution in [1.82, 2.24) is 9.88 Å². The molecule has 3 aromatic rings. The molecule has 0 aliphatic heterocycles. The summed E-state index contributed by atoms with van der Waals surface area (Å²) in [5.74, 6) is -0.411. The van der Waals surface area contributed by atoms with Crippen LogP contribution in [0.5, 0.6) is 0 Å². The molecule has 3 rings (SSSR count). The predicted molar refractivity (Wildman–Crippen MR) is 115 cm³/mol. The minimum atomic E-state index is -1.17. The van der Waals surface area contributed by atoms with Crippen LogP contribution in [0, 0.1) is 0 Å². The lowest BCUT2D eigenvalue weighted by atomic mass is 10.1. The van der Waals surface area contributed by atoms with E-state index in [0.29, 0.717) is 46.5 Å². The van der Waals surface area contributed by atoms with E-state index in [0.717, 1.165) is 0 Å². The molecule has 3 amide bonds. The maximum atomic E-state index is 12.6. The number of pyridine rings is 1. The molecule has 30 heavy (non-hydrogen) atoms. The van der Waals surface area contributed by atoms with Crippen LogP contribution in [-0.4, -0.2) is 46.0 Å². The minimum absolute atomic E-state index is 0.0534. The van der Waals surface area contributed by atoms with Crippen LogP contribution in [0.2, 0.25) is 0 Å². The SMILES string of the molecule is CCN(CC)C(=O)c1ccc(NC(=O)c2cnc3ccc(NC(=O)O)cc3c2)cc1. The summed E-state index contributed by atoms with van der Waals surface area (Å²) in [6, 6.07) is 13.2. The number of anilines is 2. The average molecular weight is 406 g/mol. The van der Waals surface area contributed by atoms with Gasteiger partial charge in [-0.3, -0.25) is 19.9 Å². The van der Waals surface area contributed by atoms with E-state index in [1.807, 2.05) is 13.8 Å². The van der Waals surface area contributed by atoms with Crippen molar-refractivity contribution in [3.8, 4) is 0 Å². The van der Waals surface area contributed by atoms with Gasteiger partial charge in [-0.2, -0.15) is 0 Å². The second-order valence-corrected chi connectivity index (χ2v) is 6.57. The summed E-state index contributed by atoms with van der Waals surface area (Å²) in [6.07, 6.45) is 0.291. The molecule has 0 saturated carbocycles. The van der Waals surface area contributed by atoms with Gasteiger partial charge in [0.1, 0.15) is 0 Å². The number of hydrogen-bond donors (Lipinski definition) is 3. The molecule has 0 aliphatic rings. The average Bonchev–Trinajstić information content (AvgIpc) is 2.74. The Hall–Kier alpha value is -3.94. The van der Waals surface area contributed by atoms with Gasteiger partial charge < -0.3 is 15.3 Å². The summed E-state index contributed by atoms with van der Waals surface area (Å²) in [6.45, 7) is 5.11. The Labute approximate surface area is 173 Å². The summed E-state index contributed by atoms with van der Waals surface area (Å²) in [5, 5.41) is 14.5. The van der Waals surface area contributed by atoms with Crippen molar-refractivity contribution in [3.05, 3.63) is 65.9 Å². The third-order valence-electron chi connectivity index (χ3n) is 4.64. The molecule has 0 fully saturated rings. The molecular weight excluding hydrogens is 384 g/mol. The van der Waals surface area contributed by atoms with Gasteiger partial charge in [0.05, 0.1) is 11.1 Å². The Morgan fingerprint density at radius 1 is 0.900 bits per heavy atom. The first-order chi connectivity index (χ1) is 14.4. The molecule has 0 unspecified atom stereocenters. The van der Waals surface area contributed by atoms with E-state index in [1.54, 1.807) is 53.4 Å². The number of hydrogen-bond acceptors (Lipinski definition) is 4. The van der Waals surface area contributed by atoms with E-state index in [2.05, 4.69) is 15.6 Å². The number of rotatable bonds is 6. The zero-order chi connectivity index (χ0) is 21.7. The highest BCUT2D eigenvalue weighted by Crippen LogP contribution is 2.20. The van der Waals surface area contributed by atoms with Gasteiger partial charge in [-0.25, -0.2) is 4.79 Å². The van der Waals surface area contributed by atoms with Crippen LogP contribution in [0.15, 0.2) is 54.7 Å². The van der Waals surface area contributed by atoms with Crippen LogP contribution in [0.3, 0.4) is 0 Å². The zero-order valence-electron chi connectivity index (χ0n) is 16.7. The molecule has 154 valence electrons. The molecule has 1 heterocycles. The number of nitrogens with one attached hydrogen (secondary N) is 2. The van der Waals surface area contributed by atoms with E-state index < -0.39 is 6.09 Å². The Balaban J connectivity index is 1.75. The fourth-order valence-electron chi connectivity index (χ4n) is 3.05. The fraction of sp³-hybridized carbons (Fsp3) is 0.182. The standard InChI is InChI=1S/C22H22N4O4/c1-3-26(4-2)21(28)14-5-7-17(8-6-14)24-20(27)16-11-15-12-18(25-22(29)30)9-10-19(15)23-13-16/h5-13,25H,3-4H2,1-2H3,(H,24,27)(H,29,30). The lowest BCUT2D eigenvalue weighted by molar-refractivity contribution is 0.0773. The highest BCUT2D eigenvalue weighted by molar-refractivity contribution is 6.06. The molecule has 0 saturated heterocycles. The molecule has 8 nitrogen and oxygen atoms in total. The Morgan fingerprint density at radius 2 is 1.57 bits per heavy atom. The summed E-state index contributed by atoms with van der Waals surface area (Å²) in [5.41, 5.74) is 2.47. The van der Waals surface area contributed by atoms with Crippen LogP contribution < -0.4 is 10.6 Å². The largest absolute Gasteiger partial charge is 0.465 e. The van der Waals surface area contributed by atoms with Gasteiger partial charge in [-0.1, -0.05) is 0 Å². The normalized spacial score (nSPS) is 10.5. The molecule has 8 heteroatoms. The van der Waals surface area contributed by atoms with Crippen LogP contribution in [0.1, 0.15) is 34.6 Å². The maximum Gasteiger partial charge on any atom is 0.409 e. The summed E-state index contributed by atoms with van der Waals surface area (Å²) in [7, 11) is 0. The summed E-state index contributed by atoms with van der Waals surface area (Å²) < 4.78 is 0. The van der Waals surface area contributed by atoms with Gasteiger partial charge in [-0.15, -0.1) is 0 Å². The van der Waals surface area contributed by atoms with Crippen molar-refractivity contribution in [3.63, 3.8) is 0 Å². The number of fused-ring (bicyclic) bond motifs is 1. The lowest BCUT2D eigenvalue weighted by Crippen LogP contribution is -2.30. The van der Waals surface area contributed by atoms with E-state index in [9.17, 15) is 14.4 Å². The zero-order valence-corrected chi connectivity index (χ0v) is 16.7. The van der Waals surface area contributed by atoms with Crippen LogP contribution >= 0.6 is 0 Å². The number of benzene rings is 2.